The van der Waals surface area contributed by atoms with Crippen LogP contribution in [0.5, 0.6) is 11.5 Å². The van der Waals surface area contributed by atoms with E-state index in [0.717, 1.165) is 13.8 Å². The maximum Gasteiger partial charge on any atom is 0.327 e. The summed E-state index contributed by atoms with van der Waals surface area (Å²) in [7, 11) is 0. The summed E-state index contributed by atoms with van der Waals surface area (Å²) >= 11 is 0. The minimum Gasteiger partial charge on any atom is -0.422 e. The lowest BCUT2D eigenvalue weighted by molar-refractivity contribution is -0.168. The molecule has 0 saturated carbocycles. The van der Waals surface area contributed by atoms with Crippen molar-refractivity contribution in [2.24, 2.45) is 0 Å². The fourth-order valence-electron chi connectivity index (χ4n) is 3.34. The second kappa shape index (κ2) is 9.66. The predicted molar refractivity (Wildman–Crippen MR) is 102 cm³/mol. The van der Waals surface area contributed by atoms with Crippen molar-refractivity contribution in [1.29, 1.82) is 0 Å². The van der Waals surface area contributed by atoms with Crippen molar-refractivity contribution in [3.63, 3.8) is 0 Å². The number of esters is 6. The molecule has 0 N–H and O–H groups in total. The van der Waals surface area contributed by atoms with E-state index in [4.69, 9.17) is 9.47 Å². The van der Waals surface area contributed by atoms with Crippen LogP contribution in [-0.4, -0.2) is 71.8 Å². The van der Waals surface area contributed by atoms with Gasteiger partial charge in [0.1, 0.15) is 0 Å². The molecule has 2 heterocycles. The number of cyclic esters (lactones) is 4. The topological polar surface area (TPSA) is 146 Å². The van der Waals surface area contributed by atoms with Crippen molar-refractivity contribution in [3.8, 4) is 11.5 Å². The lowest BCUT2D eigenvalue weighted by Crippen LogP contribution is -2.42. The largest absolute Gasteiger partial charge is 0.422 e. The highest BCUT2D eigenvalue weighted by Gasteiger charge is 2.30. The van der Waals surface area contributed by atoms with Crippen LogP contribution < -0.4 is 9.47 Å². The van der Waals surface area contributed by atoms with Gasteiger partial charge < -0.3 is 18.9 Å². The average molecular weight is 448 g/mol. The molecule has 0 aliphatic carbocycles. The Labute approximate surface area is 181 Å². The Morgan fingerprint density at radius 3 is 1.31 bits per heavy atom. The van der Waals surface area contributed by atoms with Crippen LogP contribution in [0.3, 0.4) is 0 Å². The number of morpholine rings is 2. The zero-order chi connectivity index (χ0) is 23.4. The second-order valence-electron chi connectivity index (χ2n) is 7.21. The van der Waals surface area contributed by atoms with Gasteiger partial charge in [0.15, 0.2) is 11.5 Å². The third kappa shape index (κ3) is 5.95. The van der Waals surface area contributed by atoms with E-state index < -0.39 is 35.8 Å². The molecule has 0 radical (unpaired) electrons. The summed E-state index contributed by atoms with van der Waals surface area (Å²) in [6.45, 7) is 1.73. The minimum absolute atomic E-state index is 0.0204. The second-order valence-corrected chi connectivity index (χ2v) is 7.21. The first-order valence-electron chi connectivity index (χ1n) is 9.54. The minimum atomic E-state index is -0.714. The Hall–Kier alpha value is -3.64. The maximum absolute atomic E-state index is 11.8. The summed E-state index contributed by atoms with van der Waals surface area (Å²) in [6.07, 6.45) is 0. The normalized spacial score (nSPS) is 17.6. The molecule has 2 saturated heterocycles. The molecule has 3 rings (SSSR count). The van der Waals surface area contributed by atoms with E-state index in [1.165, 1.54) is 9.80 Å². The Bertz CT molecular complexity index is 891. The Morgan fingerprint density at radius 1 is 0.719 bits per heavy atom. The van der Waals surface area contributed by atoms with Gasteiger partial charge in [0, 0.05) is 38.1 Å². The Kier molecular flexibility index (Phi) is 6.95. The Balaban J connectivity index is 1.96. The number of rotatable bonds is 6. The van der Waals surface area contributed by atoms with Crippen LogP contribution in [0.2, 0.25) is 0 Å². The number of benzene rings is 1. The molecule has 2 aliphatic heterocycles. The summed E-state index contributed by atoms with van der Waals surface area (Å²) in [4.78, 5) is 72.8. The van der Waals surface area contributed by atoms with Gasteiger partial charge in [0.2, 0.25) is 0 Å². The number of carbonyl (C=O) groups excluding carboxylic acids is 6. The highest BCUT2D eigenvalue weighted by atomic mass is 16.6. The average Bonchev–Trinajstić information content (AvgIpc) is 2.64. The van der Waals surface area contributed by atoms with Crippen molar-refractivity contribution >= 4 is 35.8 Å². The summed E-state index contributed by atoms with van der Waals surface area (Å²) in [6, 6.07) is 3.16. The maximum atomic E-state index is 11.8. The van der Waals surface area contributed by atoms with Gasteiger partial charge in [-0.3, -0.25) is 38.6 Å². The van der Waals surface area contributed by atoms with E-state index in [-0.39, 0.29) is 50.8 Å². The zero-order valence-corrected chi connectivity index (χ0v) is 17.4. The molecular formula is C20H20N2O10. The van der Waals surface area contributed by atoms with Crippen molar-refractivity contribution in [2.75, 3.05) is 26.2 Å². The highest BCUT2D eigenvalue weighted by molar-refractivity contribution is 5.90. The molecule has 2 aliphatic rings. The van der Waals surface area contributed by atoms with Crippen molar-refractivity contribution in [2.45, 2.75) is 26.9 Å². The smallest absolute Gasteiger partial charge is 0.327 e. The molecule has 32 heavy (non-hydrogen) atoms. The number of nitrogens with zero attached hydrogens (tertiary/aromatic N) is 2. The van der Waals surface area contributed by atoms with Gasteiger partial charge in [-0.15, -0.1) is 0 Å². The molecule has 0 atom stereocenters. The van der Waals surface area contributed by atoms with Crippen LogP contribution in [-0.2, 0) is 51.3 Å². The first-order chi connectivity index (χ1) is 15.1. The van der Waals surface area contributed by atoms with Gasteiger partial charge >= 0.3 is 35.8 Å². The summed E-state index contributed by atoms with van der Waals surface area (Å²) < 4.78 is 19.7. The fourth-order valence-corrected chi connectivity index (χ4v) is 3.34. The van der Waals surface area contributed by atoms with Gasteiger partial charge in [-0.2, -0.15) is 0 Å². The van der Waals surface area contributed by atoms with Crippen LogP contribution in [0.15, 0.2) is 12.1 Å². The zero-order valence-electron chi connectivity index (χ0n) is 17.4. The first-order valence-corrected chi connectivity index (χ1v) is 9.54. The van der Waals surface area contributed by atoms with E-state index in [0.29, 0.717) is 11.1 Å². The van der Waals surface area contributed by atoms with E-state index in [1.54, 1.807) is 12.1 Å². The van der Waals surface area contributed by atoms with Gasteiger partial charge in [0.05, 0.1) is 26.2 Å². The van der Waals surface area contributed by atoms with Crippen molar-refractivity contribution in [1.82, 2.24) is 9.80 Å². The number of hydrogen-bond donors (Lipinski definition) is 0. The molecule has 0 amide bonds. The van der Waals surface area contributed by atoms with Crippen LogP contribution in [0.1, 0.15) is 25.0 Å². The third-order valence-electron chi connectivity index (χ3n) is 4.42. The van der Waals surface area contributed by atoms with Crippen LogP contribution >= 0.6 is 0 Å². The van der Waals surface area contributed by atoms with Crippen LogP contribution in [0, 0.1) is 0 Å². The Morgan fingerprint density at radius 2 is 1.03 bits per heavy atom. The number of carbonyl (C=O) groups is 6. The summed E-state index contributed by atoms with van der Waals surface area (Å²) in [5.74, 6) is -4.37. The van der Waals surface area contributed by atoms with E-state index in [9.17, 15) is 28.8 Å². The van der Waals surface area contributed by atoms with Crippen LogP contribution in [0.4, 0.5) is 0 Å². The fraction of sp³-hybridized carbons (Fsp3) is 0.400. The molecule has 1 aromatic rings. The van der Waals surface area contributed by atoms with Gasteiger partial charge in [0.25, 0.3) is 0 Å². The van der Waals surface area contributed by atoms with Gasteiger partial charge in [-0.05, 0) is 0 Å². The third-order valence-corrected chi connectivity index (χ3v) is 4.42. The monoisotopic (exact) mass is 448 g/mol. The van der Waals surface area contributed by atoms with Crippen molar-refractivity contribution in [3.05, 3.63) is 23.3 Å². The molecule has 0 aromatic heterocycles. The summed E-state index contributed by atoms with van der Waals surface area (Å²) in [5.41, 5.74) is 0.744. The van der Waals surface area contributed by atoms with E-state index in [2.05, 4.69) is 9.47 Å². The highest BCUT2D eigenvalue weighted by Crippen LogP contribution is 2.37. The predicted octanol–water partition coefficient (Wildman–Crippen LogP) is -0.692. The molecule has 0 spiro atoms. The molecule has 0 unspecified atom stereocenters. The molecule has 2 fully saturated rings. The van der Waals surface area contributed by atoms with E-state index in [1.807, 2.05) is 0 Å². The number of ether oxygens (including phenoxy) is 4. The first kappa shape index (κ1) is 23.0. The standard InChI is InChI=1S/C20H20N2O10/c1-11(23)29-19-13(5-21-7-15(25)31-16(26)8-21)3-4-14(20(19)30-12(2)24)6-22-9-17(27)32-18(28)10-22/h3-4H,5-10H2,1-2H3. The number of hydrogen-bond acceptors (Lipinski definition) is 12. The van der Waals surface area contributed by atoms with Gasteiger partial charge in [-0.1, -0.05) is 12.1 Å². The van der Waals surface area contributed by atoms with E-state index >= 15 is 0 Å². The SMILES string of the molecule is CC(=O)Oc1c(CN2CC(=O)OC(=O)C2)ccc(CN2CC(=O)OC(=O)C2)c1OC(C)=O. The molecule has 0 bridgehead atoms. The lowest BCUT2D eigenvalue weighted by atomic mass is 10.1. The molecule has 12 heteroatoms. The molecule has 1 aromatic carbocycles. The van der Waals surface area contributed by atoms with Crippen molar-refractivity contribution < 1.29 is 47.7 Å². The molecular weight excluding hydrogens is 428 g/mol. The van der Waals surface area contributed by atoms with Crippen LogP contribution in [0.25, 0.3) is 0 Å². The summed E-state index contributed by atoms with van der Waals surface area (Å²) in [5, 5.41) is 0. The van der Waals surface area contributed by atoms with Gasteiger partial charge in [-0.25, -0.2) is 0 Å². The molecule has 170 valence electrons. The quantitative estimate of drug-likeness (QED) is 0.308. The molecule has 12 nitrogen and oxygen atoms in total. The lowest BCUT2D eigenvalue weighted by Gasteiger charge is -2.27.